The number of esters is 1. The molecule has 6 nitrogen and oxygen atoms in total. The Hall–Kier alpha value is -3.22. The Bertz CT molecular complexity index is 908. The van der Waals surface area contributed by atoms with Gasteiger partial charge in [-0.15, -0.1) is 0 Å². The van der Waals surface area contributed by atoms with Crippen LogP contribution in [0, 0.1) is 12.7 Å². The molecule has 1 heterocycles. The van der Waals surface area contributed by atoms with Crippen LogP contribution in [-0.4, -0.2) is 23.2 Å². The molecule has 3 aromatic rings. The minimum absolute atomic E-state index is 0.125. The van der Waals surface area contributed by atoms with Crippen molar-refractivity contribution in [1.29, 1.82) is 0 Å². The van der Waals surface area contributed by atoms with Crippen molar-refractivity contribution in [1.82, 2.24) is 10.1 Å². The number of hydrogen-bond acceptors (Lipinski definition) is 6. The van der Waals surface area contributed by atoms with Crippen molar-refractivity contribution < 1.29 is 23.2 Å². The number of aryl methyl sites for hydroxylation is 1. The smallest absolute Gasteiger partial charge is 0.341 e. The predicted molar refractivity (Wildman–Crippen MR) is 86.5 cm³/mol. The molecule has 3 rings (SSSR count). The number of halogens is 1. The maximum absolute atomic E-state index is 13.9. The van der Waals surface area contributed by atoms with E-state index in [2.05, 4.69) is 10.1 Å². The Morgan fingerprint density at radius 2 is 2.04 bits per heavy atom. The number of ether oxygens (including phenoxy) is 2. The molecule has 0 radical (unpaired) electrons. The van der Waals surface area contributed by atoms with E-state index >= 15 is 0 Å². The van der Waals surface area contributed by atoms with Crippen LogP contribution in [0.15, 0.2) is 47.0 Å². The third-order valence-electron chi connectivity index (χ3n) is 3.58. The van der Waals surface area contributed by atoms with E-state index in [1.165, 1.54) is 19.2 Å². The zero-order valence-corrected chi connectivity index (χ0v) is 13.7. The fourth-order valence-corrected chi connectivity index (χ4v) is 2.24. The maximum atomic E-state index is 13.9. The van der Waals surface area contributed by atoms with Gasteiger partial charge < -0.3 is 14.0 Å². The van der Waals surface area contributed by atoms with Gasteiger partial charge in [-0.25, -0.2) is 9.18 Å². The molecule has 0 N–H and O–H groups in total. The van der Waals surface area contributed by atoms with Crippen LogP contribution >= 0.6 is 0 Å². The summed E-state index contributed by atoms with van der Waals surface area (Å²) in [7, 11) is 1.41. The van der Waals surface area contributed by atoms with E-state index in [1.807, 2.05) is 31.2 Å². The largest absolute Gasteiger partial charge is 0.497 e. The van der Waals surface area contributed by atoms with Crippen LogP contribution in [0.25, 0.3) is 11.4 Å². The molecule has 0 unspecified atom stereocenters. The zero-order valence-electron chi connectivity index (χ0n) is 13.7. The van der Waals surface area contributed by atoms with Crippen molar-refractivity contribution in [2.45, 2.75) is 13.5 Å². The van der Waals surface area contributed by atoms with Crippen LogP contribution in [-0.2, 0) is 11.3 Å². The summed E-state index contributed by atoms with van der Waals surface area (Å²) in [6.45, 7) is 1.68. The quantitative estimate of drug-likeness (QED) is 0.660. The molecule has 0 saturated heterocycles. The first-order valence-corrected chi connectivity index (χ1v) is 7.47. The maximum Gasteiger partial charge on any atom is 0.341 e. The summed E-state index contributed by atoms with van der Waals surface area (Å²) in [6.07, 6.45) is 0. The second-order valence-corrected chi connectivity index (χ2v) is 5.25. The number of hydrogen-bond donors (Lipinski definition) is 0. The molecule has 0 saturated carbocycles. The van der Waals surface area contributed by atoms with Gasteiger partial charge in [0.15, 0.2) is 6.61 Å². The van der Waals surface area contributed by atoms with Gasteiger partial charge in [-0.2, -0.15) is 4.98 Å². The average Bonchev–Trinajstić information content (AvgIpc) is 3.08. The van der Waals surface area contributed by atoms with Crippen LogP contribution < -0.4 is 4.74 Å². The number of rotatable bonds is 5. The van der Waals surface area contributed by atoms with E-state index in [0.29, 0.717) is 11.6 Å². The lowest BCUT2D eigenvalue weighted by atomic mass is 10.1. The predicted octanol–water partition coefficient (Wildman–Crippen LogP) is 3.55. The summed E-state index contributed by atoms with van der Waals surface area (Å²) in [5, 5.41) is 3.87. The molecule has 0 bridgehead atoms. The molecule has 0 aliphatic carbocycles. The highest BCUT2D eigenvalue weighted by Crippen LogP contribution is 2.21. The monoisotopic (exact) mass is 342 g/mol. The fourth-order valence-electron chi connectivity index (χ4n) is 2.24. The van der Waals surface area contributed by atoms with Gasteiger partial charge in [-0.05, 0) is 24.6 Å². The normalized spacial score (nSPS) is 10.5. The van der Waals surface area contributed by atoms with Crippen molar-refractivity contribution in [3.63, 3.8) is 0 Å². The summed E-state index contributed by atoms with van der Waals surface area (Å²) in [4.78, 5) is 16.2. The van der Waals surface area contributed by atoms with E-state index in [1.54, 1.807) is 0 Å². The van der Waals surface area contributed by atoms with Gasteiger partial charge in [0.1, 0.15) is 11.6 Å². The summed E-state index contributed by atoms with van der Waals surface area (Å²) in [5.74, 6) is -0.708. The highest BCUT2D eigenvalue weighted by molar-refractivity contribution is 5.89. The molecule has 0 spiro atoms. The van der Waals surface area contributed by atoms with Crippen LogP contribution in [0.4, 0.5) is 4.39 Å². The Kier molecular flexibility index (Phi) is 4.74. The first-order chi connectivity index (χ1) is 12.1. The Morgan fingerprint density at radius 3 is 2.76 bits per heavy atom. The van der Waals surface area contributed by atoms with Gasteiger partial charge in [-0.1, -0.05) is 29.4 Å². The molecule has 7 heteroatoms. The number of methoxy groups -OCH3 is 1. The lowest BCUT2D eigenvalue weighted by Crippen LogP contribution is -2.08. The zero-order chi connectivity index (χ0) is 17.8. The van der Waals surface area contributed by atoms with E-state index in [4.69, 9.17) is 14.0 Å². The van der Waals surface area contributed by atoms with E-state index in [0.717, 1.165) is 17.2 Å². The molecular weight excluding hydrogens is 327 g/mol. The van der Waals surface area contributed by atoms with Crippen molar-refractivity contribution >= 4 is 5.97 Å². The lowest BCUT2D eigenvalue weighted by Gasteiger charge is -2.05. The van der Waals surface area contributed by atoms with Crippen LogP contribution in [0.5, 0.6) is 5.75 Å². The third kappa shape index (κ3) is 3.65. The molecule has 25 heavy (non-hydrogen) atoms. The summed E-state index contributed by atoms with van der Waals surface area (Å²) in [6, 6.07) is 11.4. The van der Waals surface area contributed by atoms with Crippen molar-refractivity contribution in [2.75, 3.05) is 7.11 Å². The number of carbonyl (C=O) groups excluding carboxylic acids is 1. The first-order valence-electron chi connectivity index (χ1n) is 7.47. The first kappa shape index (κ1) is 16.6. The molecule has 0 fully saturated rings. The van der Waals surface area contributed by atoms with Crippen molar-refractivity contribution in [3.05, 3.63) is 65.3 Å². The van der Waals surface area contributed by atoms with Crippen LogP contribution in [0.3, 0.4) is 0 Å². The molecule has 0 aliphatic heterocycles. The second kappa shape index (κ2) is 7.12. The summed E-state index contributed by atoms with van der Waals surface area (Å²) < 4.78 is 28.8. The number of nitrogens with zero attached hydrogens (tertiary/aromatic N) is 2. The van der Waals surface area contributed by atoms with Gasteiger partial charge in [0.05, 0.1) is 12.7 Å². The number of aromatic nitrogens is 2. The molecule has 0 aliphatic rings. The lowest BCUT2D eigenvalue weighted by molar-refractivity contribution is 0.0424. The van der Waals surface area contributed by atoms with Gasteiger partial charge in [0, 0.05) is 11.6 Å². The van der Waals surface area contributed by atoms with Gasteiger partial charge >= 0.3 is 5.97 Å². The minimum atomic E-state index is -0.823. The molecule has 128 valence electrons. The molecular formula is C18H15FN2O4. The fraction of sp³-hybridized carbons (Fsp3) is 0.167. The molecule has 2 aromatic carbocycles. The number of benzene rings is 2. The summed E-state index contributed by atoms with van der Waals surface area (Å²) in [5.41, 5.74) is 1.62. The highest BCUT2D eigenvalue weighted by atomic mass is 19.1. The minimum Gasteiger partial charge on any atom is -0.497 e. The van der Waals surface area contributed by atoms with Crippen molar-refractivity contribution in [3.8, 4) is 17.1 Å². The number of carbonyl (C=O) groups is 1. The van der Waals surface area contributed by atoms with Gasteiger partial charge in [-0.3, -0.25) is 0 Å². The Labute approximate surface area is 143 Å². The second-order valence-electron chi connectivity index (χ2n) is 5.25. The average molecular weight is 342 g/mol. The third-order valence-corrected chi connectivity index (χ3v) is 3.58. The van der Waals surface area contributed by atoms with E-state index in [9.17, 15) is 9.18 Å². The van der Waals surface area contributed by atoms with E-state index < -0.39 is 11.8 Å². The Balaban J connectivity index is 1.68. The summed E-state index contributed by atoms with van der Waals surface area (Å²) >= 11 is 0. The standard InChI is InChI=1S/C18H15FN2O4/c1-11-5-3-4-6-13(11)17-20-16(25-21-17)10-24-18(22)14-8-7-12(23-2)9-15(14)19/h3-9H,10H2,1-2H3. The van der Waals surface area contributed by atoms with Crippen LogP contribution in [0.2, 0.25) is 0 Å². The highest BCUT2D eigenvalue weighted by Gasteiger charge is 2.16. The van der Waals surface area contributed by atoms with Gasteiger partial charge in [0.2, 0.25) is 5.82 Å². The SMILES string of the molecule is COc1ccc(C(=O)OCc2nc(-c3ccccc3C)no2)c(F)c1. The van der Waals surface area contributed by atoms with Gasteiger partial charge in [0.25, 0.3) is 5.89 Å². The van der Waals surface area contributed by atoms with Crippen molar-refractivity contribution in [2.24, 2.45) is 0 Å². The Morgan fingerprint density at radius 1 is 1.24 bits per heavy atom. The van der Waals surface area contributed by atoms with E-state index in [-0.39, 0.29) is 18.1 Å². The molecule has 0 amide bonds. The van der Waals surface area contributed by atoms with Crippen LogP contribution in [0.1, 0.15) is 21.8 Å². The molecule has 0 atom stereocenters. The topological polar surface area (TPSA) is 74.5 Å². The molecule has 1 aromatic heterocycles.